The predicted octanol–water partition coefficient (Wildman–Crippen LogP) is -1.56. The van der Waals surface area contributed by atoms with Crippen LogP contribution in [-0.4, -0.2) is 127 Å². The molecule has 0 fully saturated rings. The summed E-state index contributed by atoms with van der Waals surface area (Å²) in [5.74, 6) is -5.38. The molecule has 1 aromatic heterocycles. The van der Waals surface area contributed by atoms with Crippen molar-refractivity contribution in [3.05, 3.63) is 71.9 Å². The lowest BCUT2D eigenvalue weighted by Crippen LogP contribution is -2.58. The number of hydrogen-bond donors (Lipinski definition) is 11. The largest absolute Gasteiger partial charge is 0.370 e. The van der Waals surface area contributed by atoms with Crippen LogP contribution < -0.4 is 54.8 Å². The average Bonchev–Trinajstić information content (AvgIpc) is 3.68. The summed E-state index contributed by atoms with van der Waals surface area (Å²) < 4.78 is 0. The highest BCUT2D eigenvalue weighted by molar-refractivity contribution is 5.96. The molecule has 21 heteroatoms. The Hall–Kier alpha value is -7.03. The number of nitrogens with zero attached hydrogens (tertiary/aromatic N) is 2. The number of para-hydroxylation sites is 1. The van der Waals surface area contributed by atoms with Gasteiger partial charge in [-0.05, 0) is 55.8 Å². The minimum absolute atomic E-state index is 0.000548. The normalized spacial score (nSPS) is 12.7. The van der Waals surface area contributed by atoms with Crippen LogP contribution in [0, 0.1) is 0 Å². The third-order valence-electron chi connectivity index (χ3n) is 10.2. The van der Waals surface area contributed by atoms with Gasteiger partial charge in [0.15, 0.2) is 5.96 Å². The number of carbonyl (C=O) groups excluding carboxylic acids is 8. The molecule has 65 heavy (non-hydrogen) atoms. The number of aromatic amines is 1. The summed E-state index contributed by atoms with van der Waals surface area (Å²) in [6.45, 7) is 2.37. The van der Waals surface area contributed by atoms with Crippen molar-refractivity contribution in [3.8, 4) is 0 Å². The van der Waals surface area contributed by atoms with Gasteiger partial charge < -0.3 is 64.7 Å². The van der Waals surface area contributed by atoms with E-state index in [1.165, 1.54) is 11.8 Å². The molecule has 15 N–H and O–H groups in total. The monoisotopic (exact) mass is 904 g/mol. The van der Waals surface area contributed by atoms with E-state index >= 15 is 0 Å². The Balaban J connectivity index is 1.87. The second-order valence-corrected chi connectivity index (χ2v) is 15.6. The highest BCUT2D eigenvalue weighted by atomic mass is 16.2. The molecule has 0 radical (unpaired) electrons. The number of nitrogens with one attached hydrogen (secondary N) is 7. The molecule has 354 valence electrons. The molecular weight excluding hydrogens is 839 g/mol. The SMILES string of the molecule is CCCC[C@H](NC(C)=O)C(=O)NCC(=O)N(CCCCN)CC(=O)N[C@H](Cc1ccccc1)C(=O)N[C@@H](CCCN=C(N)N)C(=O)N[C@@H](Cc1c[nH]c2ccccc12)C(=O)NCC(N)=O. The van der Waals surface area contributed by atoms with Crippen LogP contribution in [0.25, 0.3) is 10.9 Å². The summed E-state index contributed by atoms with van der Waals surface area (Å²) in [7, 11) is 0. The van der Waals surface area contributed by atoms with E-state index in [-0.39, 0.29) is 44.7 Å². The molecule has 0 spiro atoms. The number of fused-ring (bicyclic) bond motifs is 1. The van der Waals surface area contributed by atoms with Gasteiger partial charge in [0.05, 0.1) is 19.6 Å². The number of primary amides is 1. The van der Waals surface area contributed by atoms with Crippen molar-refractivity contribution in [2.45, 2.75) is 95.8 Å². The number of unbranched alkanes of at least 4 members (excludes halogenated alkanes) is 2. The first-order chi connectivity index (χ1) is 31.1. The smallest absolute Gasteiger partial charge is 0.243 e. The molecule has 0 bridgehead atoms. The maximum Gasteiger partial charge on any atom is 0.243 e. The summed E-state index contributed by atoms with van der Waals surface area (Å²) in [5.41, 5.74) is 24.2. The number of H-pyrrole nitrogens is 1. The minimum atomic E-state index is -1.28. The lowest BCUT2D eigenvalue weighted by Gasteiger charge is -2.27. The highest BCUT2D eigenvalue weighted by Gasteiger charge is 2.31. The number of aromatic nitrogens is 1. The van der Waals surface area contributed by atoms with Crippen molar-refractivity contribution >= 4 is 64.1 Å². The van der Waals surface area contributed by atoms with Crippen molar-refractivity contribution < 1.29 is 38.4 Å². The van der Waals surface area contributed by atoms with Gasteiger partial charge in [0.25, 0.3) is 0 Å². The lowest BCUT2D eigenvalue weighted by molar-refractivity contribution is -0.138. The van der Waals surface area contributed by atoms with Crippen LogP contribution >= 0.6 is 0 Å². The van der Waals surface area contributed by atoms with Gasteiger partial charge in [-0.2, -0.15) is 0 Å². The third-order valence-corrected chi connectivity index (χ3v) is 10.2. The average molecular weight is 904 g/mol. The van der Waals surface area contributed by atoms with Gasteiger partial charge in [0.2, 0.25) is 47.3 Å². The van der Waals surface area contributed by atoms with E-state index in [1.807, 2.05) is 31.2 Å². The molecule has 0 aliphatic carbocycles. The van der Waals surface area contributed by atoms with Gasteiger partial charge in [-0.15, -0.1) is 0 Å². The molecule has 21 nitrogen and oxygen atoms in total. The maximum absolute atomic E-state index is 14.3. The Labute approximate surface area is 378 Å². The van der Waals surface area contributed by atoms with Gasteiger partial charge in [-0.25, -0.2) is 0 Å². The van der Waals surface area contributed by atoms with Crippen LogP contribution in [0.15, 0.2) is 65.8 Å². The summed E-state index contributed by atoms with van der Waals surface area (Å²) in [6, 6.07) is 11.6. The molecule has 0 saturated heterocycles. The maximum atomic E-state index is 14.3. The quantitative estimate of drug-likeness (QED) is 0.0215. The lowest BCUT2D eigenvalue weighted by atomic mass is 10.0. The van der Waals surface area contributed by atoms with Crippen LogP contribution in [0.2, 0.25) is 0 Å². The first-order valence-electron chi connectivity index (χ1n) is 21.7. The Kier molecular flexibility index (Phi) is 22.5. The number of hydrogen-bond acceptors (Lipinski definition) is 10. The molecule has 3 rings (SSSR count). The van der Waals surface area contributed by atoms with E-state index in [2.05, 4.69) is 41.9 Å². The third kappa shape index (κ3) is 19.1. The summed E-state index contributed by atoms with van der Waals surface area (Å²) in [4.78, 5) is 114. The number of aliphatic imine (C=N–C) groups is 1. The Bertz CT molecular complexity index is 2090. The van der Waals surface area contributed by atoms with Crippen LogP contribution in [0.3, 0.4) is 0 Å². The molecule has 0 aliphatic heterocycles. The van der Waals surface area contributed by atoms with Crippen molar-refractivity contribution in [2.75, 3.05) is 39.3 Å². The molecule has 2 aromatic carbocycles. The molecular formula is C44H65N13O8. The zero-order valence-electron chi connectivity index (χ0n) is 37.2. The molecule has 3 aromatic rings. The van der Waals surface area contributed by atoms with Gasteiger partial charge >= 0.3 is 0 Å². The molecule has 8 amide bonds. The van der Waals surface area contributed by atoms with E-state index in [0.717, 1.165) is 17.3 Å². The fourth-order valence-corrected chi connectivity index (χ4v) is 6.88. The first-order valence-corrected chi connectivity index (χ1v) is 21.7. The van der Waals surface area contributed by atoms with Crippen molar-refractivity contribution in [1.82, 2.24) is 41.8 Å². The van der Waals surface area contributed by atoms with Crippen molar-refractivity contribution in [1.29, 1.82) is 0 Å². The standard InChI is InChI=1S/C44H65N13O8/c1-3-4-16-33(53-28(2)58)40(62)52-26-39(61)57(21-11-10-19-45)27-38(60)54-35(22-29-13-6-5-7-14-29)43(65)55-34(18-12-20-49-44(47)48)42(64)56-36(41(63)51-25-37(46)59)23-30-24-50-32-17-9-8-15-31(30)32/h5-9,13-15,17,24,33-36,50H,3-4,10-12,16,18-23,25-27,45H2,1-2H3,(H2,46,59)(H,51,63)(H,52,62)(H,53,58)(H,54,60)(H,55,65)(H,56,64)(H4,47,48,49)/t33-,34-,35+,36-/m0/s1. The molecule has 1 heterocycles. The number of amides is 8. The van der Waals surface area contributed by atoms with E-state index in [4.69, 9.17) is 22.9 Å². The zero-order valence-corrected chi connectivity index (χ0v) is 37.2. The van der Waals surface area contributed by atoms with Crippen LogP contribution in [0.5, 0.6) is 0 Å². The van der Waals surface area contributed by atoms with Crippen LogP contribution in [0.4, 0.5) is 0 Å². The zero-order chi connectivity index (χ0) is 47.7. The van der Waals surface area contributed by atoms with Gasteiger partial charge in [-0.1, -0.05) is 68.3 Å². The molecule has 0 unspecified atom stereocenters. The minimum Gasteiger partial charge on any atom is -0.370 e. The molecule has 4 atom stereocenters. The topological polar surface area (TPSA) is 344 Å². The van der Waals surface area contributed by atoms with Gasteiger partial charge in [0.1, 0.15) is 24.2 Å². The van der Waals surface area contributed by atoms with Crippen molar-refractivity contribution in [3.63, 3.8) is 0 Å². The van der Waals surface area contributed by atoms with Gasteiger partial charge in [0, 0.05) is 50.0 Å². The summed E-state index contributed by atoms with van der Waals surface area (Å²) in [6.07, 6.45) is 4.72. The number of rotatable bonds is 29. The van der Waals surface area contributed by atoms with Crippen LogP contribution in [-0.2, 0) is 51.2 Å². The summed E-state index contributed by atoms with van der Waals surface area (Å²) >= 11 is 0. The molecule has 0 saturated carbocycles. The second-order valence-electron chi connectivity index (χ2n) is 15.6. The van der Waals surface area contributed by atoms with Crippen LogP contribution in [0.1, 0.15) is 69.9 Å². The van der Waals surface area contributed by atoms with Crippen molar-refractivity contribution in [2.24, 2.45) is 27.9 Å². The van der Waals surface area contributed by atoms with E-state index in [9.17, 15) is 38.4 Å². The van der Waals surface area contributed by atoms with Gasteiger partial charge in [-0.3, -0.25) is 43.3 Å². The summed E-state index contributed by atoms with van der Waals surface area (Å²) in [5, 5.41) is 16.6. The fraction of sp³-hybridized carbons (Fsp3) is 0.477. The fourth-order valence-electron chi connectivity index (χ4n) is 6.88. The Morgan fingerprint density at radius 2 is 1.31 bits per heavy atom. The highest BCUT2D eigenvalue weighted by Crippen LogP contribution is 2.19. The number of guanidine groups is 1. The number of nitrogens with two attached hydrogens (primary N) is 4. The predicted molar refractivity (Wildman–Crippen MR) is 245 cm³/mol. The second kappa shape index (κ2) is 27.9. The van der Waals surface area contributed by atoms with E-state index in [1.54, 1.807) is 36.5 Å². The number of benzene rings is 2. The Morgan fingerprint density at radius 1 is 0.692 bits per heavy atom. The first kappa shape index (κ1) is 52.3. The Morgan fingerprint density at radius 3 is 1.98 bits per heavy atom. The van der Waals surface area contributed by atoms with E-state index in [0.29, 0.717) is 43.4 Å². The van der Waals surface area contributed by atoms with E-state index < -0.39 is 91.1 Å². The number of carbonyl (C=O) groups is 8. The molecule has 0 aliphatic rings.